The number of allylic oxidation sites excluding steroid dienone is 1. The van der Waals surface area contributed by atoms with E-state index in [1.807, 2.05) is 64.9 Å². The third-order valence-corrected chi connectivity index (χ3v) is 5.83. The first-order valence-electron chi connectivity index (χ1n) is 9.87. The molecule has 1 aliphatic heterocycles. The van der Waals surface area contributed by atoms with Crippen LogP contribution in [0.4, 0.5) is 0 Å². The molecule has 5 nitrogen and oxygen atoms in total. The largest absolute Gasteiger partial charge is 0.483 e. The van der Waals surface area contributed by atoms with Crippen molar-refractivity contribution in [2.45, 2.75) is 12.8 Å². The molecule has 0 saturated carbocycles. The first-order chi connectivity index (χ1) is 14.7. The number of nitrogens with zero attached hydrogens (tertiary/aromatic N) is 3. The molecule has 0 atom stereocenters. The smallest absolute Gasteiger partial charge is 0.260 e. The summed E-state index contributed by atoms with van der Waals surface area (Å²) in [6, 6.07) is 19.6. The van der Waals surface area contributed by atoms with E-state index in [9.17, 15) is 10.1 Å². The molecule has 6 heteroatoms. The van der Waals surface area contributed by atoms with Gasteiger partial charge in [0.1, 0.15) is 16.8 Å². The van der Waals surface area contributed by atoms with Gasteiger partial charge in [-0.25, -0.2) is 4.98 Å². The standard InChI is InChI=1S/C24H21N3O2S/c25-15-20(24-26-21(17-30-24)18-8-2-1-3-9-18)14-19-10-4-5-11-22(19)29-16-23(28)27-12-6-7-13-27/h1-5,8-11,14,17H,6-7,12-13,16H2/b20-14+. The van der Waals surface area contributed by atoms with Crippen molar-refractivity contribution >= 4 is 28.9 Å². The lowest BCUT2D eigenvalue weighted by Crippen LogP contribution is -2.32. The van der Waals surface area contributed by atoms with Crippen LogP contribution in [-0.4, -0.2) is 35.5 Å². The second-order valence-corrected chi connectivity index (χ2v) is 7.85. The minimum absolute atomic E-state index is 0.000726. The molecule has 2 aromatic carbocycles. The summed E-state index contributed by atoms with van der Waals surface area (Å²) >= 11 is 1.43. The van der Waals surface area contributed by atoms with E-state index >= 15 is 0 Å². The van der Waals surface area contributed by atoms with Crippen LogP contribution in [0.3, 0.4) is 0 Å². The molecular formula is C24H21N3O2S. The molecule has 2 heterocycles. The van der Waals surface area contributed by atoms with Gasteiger partial charge in [-0.1, -0.05) is 48.5 Å². The number of thiazole rings is 1. The van der Waals surface area contributed by atoms with E-state index < -0.39 is 0 Å². The first-order valence-corrected chi connectivity index (χ1v) is 10.8. The second-order valence-electron chi connectivity index (χ2n) is 6.99. The molecule has 150 valence electrons. The zero-order valence-corrected chi connectivity index (χ0v) is 17.3. The second kappa shape index (κ2) is 9.38. The number of hydrogen-bond acceptors (Lipinski definition) is 5. The van der Waals surface area contributed by atoms with Crippen molar-refractivity contribution in [1.29, 1.82) is 5.26 Å². The number of para-hydroxylation sites is 1. The summed E-state index contributed by atoms with van der Waals surface area (Å²) < 4.78 is 5.80. The molecule has 0 N–H and O–H groups in total. The van der Waals surface area contributed by atoms with Crippen LogP contribution in [0.15, 0.2) is 60.0 Å². The van der Waals surface area contributed by atoms with Gasteiger partial charge < -0.3 is 9.64 Å². The van der Waals surface area contributed by atoms with Gasteiger partial charge in [-0.15, -0.1) is 11.3 Å². The highest BCUT2D eigenvalue weighted by atomic mass is 32.1. The van der Waals surface area contributed by atoms with Crippen molar-refractivity contribution < 1.29 is 9.53 Å². The fourth-order valence-electron chi connectivity index (χ4n) is 3.36. The van der Waals surface area contributed by atoms with Gasteiger partial charge in [0, 0.05) is 29.6 Å². The molecule has 1 saturated heterocycles. The van der Waals surface area contributed by atoms with Gasteiger partial charge in [0.05, 0.1) is 11.3 Å². The number of carbonyl (C=O) groups excluding carboxylic acids is 1. The van der Waals surface area contributed by atoms with E-state index in [1.54, 1.807) is 6.08 Å². The van der Waals surface area contributed by atoms with Crippen LogP contribution in [0.2, 0.25) is 0 Å². The Bertz CT molecular complexity index is 1090. The Balaban J connectivity index is 1.54. The van der Waals surface area contributed by atoms with Gasteiger partial charge in [-0.05, 0) is 25.0 Å². The average Bonchev–Trinajstić information content (AvgIpc) is 3.50. The molecule has 4 rings (SSSR count). The fraction of sp³-hybridized carbons (Fsp3) is 0.208. The monoisotopic (exact) mass is 415 g/mol. The highest BCUT2D eigenvalue weighted by Crippen LogP contribution is 2.29. The van der Waals surface area contributed by atoms with E-state index in [4.69, 9.17) is 4.74 Å². The maximum atomic E-state index is 12.3. The number of hydrogen-bond donors (Lipinski definition) is 0. The Labute approximate surface area is 179 Å². The third-order valence-electron chi connectivity index (χ3n) is 4.95. The van der Waals surface area contributed by atoms with Crippen LogP contribution in [-0.2, 0) is 4.79 Å². The van der Waals surface area contributed by atoms with E-state index in [-0.39, 0.29) is 12.5 Å². The number of aromatic nitrogens is 1. The van der Waals surface area contributed by atoms with Crippen molar-refractivity contribution in [2.75, 3.05) is 19.7 Å². The zero-order valence-electron chi connectivity index (χ0n) is 16.5. The number of rotatable bonds is 6. The van der Waals surface area contributed by atoms with Gasteiger partial charge in [0.25, 0.3) is 5.91 Å². The maximum absolute atomic E-state index is 12.3. The quantitative estimate of drug-likeness (QED) is 0.539. The predicted molar refractivity (Wildman–Crippen MR) is 119 cm³/mol. The molecule has 0 aliphatic carbocycles. The van der Waals surface area contributed by atoms with Crippen LogP contribution in [0.1, 0.15) is 23.4 Å². The first kappa shape index (κ1) is 19.9. The lowest BCUT2D eigenvalue weighted by molar-refractivity contribution is -0.132. The average molecular weight is 416 g/mol. The van der Waals surface area contributed by atoms with Gasteiger partial charge in [0.2, 0.25) is 0 Å². The van der Waals surface area contributed by atoms with Crippen LogP contribution in [0, 0.1) is 11.3 Å². The Kier molecular flexibility index (Phi) is 6.21. The van der Waals surface area contributed by atoms with Crippen LogP contribution in [0.25, 0.3) is 22.9 Å². The molecule has 1 fully saturated rings. The summed E-state index contributed by atoms with van der Waals surface area (Å²) in [6.45, 7) is 1.61. The fourth-order valence-corrected chi connectivity index (χ4v) is 4.16. The highest BCUT2D eigenvalue weighted by Gasteiger charge is 2.18. The summed E-state index contributed by atoms with van der Waals surface area (Å²) in [5.41, 5.74) is 3.07. The number of ether oxygens (including phenoxy) is 1. The zero-order chi connectivity index (χ0) is 20.8. The van der Waals surface area contributed by atoms with E-state index in [0.29, 0.717) is 16.3 Å². The van der Waals surface area contributed by atoms with Crippen molar-refractivity contribution in [3.8, 4) is 23.1 Å². The lowest BCUT2D eigenvalue weighted by atomic mass is 10.1. The number of benzene rings is 2. The SMILES string of the molecule is N#C/C(=C\c1ccccc1OCC(=O)N1CCCC1)c1nc(-c2ccccc2)cs1. The van der Waals surface area contributed by atoms with Crippen LogP contribution in [0.5, 0.6) is 5.75 Å². The summed E-state index contributed by atoms with van der Waals surface area (Å²) in [7, 11) is 0. The molecule has 1 aromatic heterocycles. The molecule has 1 aliphatic rings. The number of likely N-dealkylation sites (tertiary alicyclic amines) is 1. The minimum Gasteiger partial charge on any atom is -0.483 e. The van der Waals surface area contributed by atoms with Crippen molar-refractivity contribution in [3.05, 3.63) is 70.5 Å². The Morgan fingerprint density at radius 2 is 1.87 bits per heavy atom. The van der Waals surface area contributed by atoms with E-state index in [0.717, 1.165) is 42.8 Å². The lowest BCUT2D eigenvalue weighted by Gasteiger charge is -2.16. The van der Waals surface area contributed by atoms with Crippen molar-refractivity contribution in [1.82, 2.24) is 9.88 Å². The van der Waals surface area contributed by atoms with Crippen LogP contribution < -0.4 is 4.74 Å². The Hall–Kier alpha value is -3.43. The van der Waals surface area contributed by atoms with Gasteiger partial charge >= 0.3 is 0 Å². The molecular weight excluding hydrogens is 394 g/mol. The summed E-state index contributed by atoms with van der Waals surface area (Å²) in [5.74, 6) is 0.580. The summed E-state index contributed by atoms with van der Waals surface area (Å²) in [5, 5.41) is 12.3. The van der Waals surface area contributed by atoms with Crippen molar-refractivity contribution in [2.24, 2.45) is 0 Å². The summed E-state index contributed by atoms with van der Waals surface area (Å²) in [6.07, 6.45) is 3.87. The number of carbonyl (C=O) groups is 1. The molecule has 1 amide bonds. The molecule has 0 spiro atoms. The van der Waals surface area contributed by atoms with E-state index in [2.05, 4.69) is 11.1 Å². The van der Waals surface area contributed by atoms with Gasteiger partial charge in [-0.2, -0.15) is 5.26 Å². The molecule has 0 unspecified atom stereocenters. The Morgan fingerprint density at radius 3 is 2.63 bits per heavy atom. The van der Waals surface area contributed by atoms with E-state index in [1.165, 1.54) is 11.3 Å². The number of amides is 1. The molecule has 30 heavy (non-hydrogen) atoms. The normalized spacial score (nSPS) is 13.8. The predicted octanol–water partition coefficient (Wildman–Crippen LogP) is 4.88. The minimum atomic E-state index is -0.000726. The molecule has 0 radical (unpaired) electrons. The third kappa shape index (κ3) is 4.58. The van der Waals surface area contributed by atoms with Gasteiger partial charge in [0.15, 0.2) is 6.61 Å². The van der Waals surface area contributed by atoms with Crippen LogP contribution >= 0.6 is 11.3 Å². The Morgan fingerprint density at radius 1 is 1.13 bits per heavy atom. The molecule has 0 bridgehead atoms. The summed E-state index contributed by atoms with van der Waals surface area (Å²) in [4.78, 5) is 18.8. The highest BCUT2D eigenvalue weighted by molar-refractivity contribution is 7.11. The van der Waals surface area contributed by atoms with Gasteiger partial charge in [-0.3, -0.25) is 4.79 Å². The van der Waals surface area contributed by atoms with Crippen molar-refractivity contribution in [3.63, 3.8) is 0 Å². The topological polar surface area (TPSA) is 66.2 Å². The molecule has 3 aromatic rings. The number of nitriles is 1. The maximum Gasteiger partial charge on any atom is 0.260 e.